The molecule has 1 saturated heterocycles. The van der Waals surface area contributed by atoms with E-state index in [1.807, 2.05) is 13.0 Å². The second-order valence-corrected chi connectivity index (χ2v) is 5.90. The Labute approximate surface area is 125 Å². The lowest BCUT2D eigenvalue weighted by Gasteiger charge is -2.43. The predicted molar refractivity (Wildman–Crippen MR) is 74.7 cm³/mol. The second kappa shape index (κ2) is 6.37. The van der Waals surface area contributed by atoms with Crippen LogP contribution in [0, 0.1) is 0 Å². The number of alkyl halides is 1. The molecule has 1 aromatic carbocycles. The fraction of sp³-hybridized carbons (Fsp3) is 0.429. The lowest BCUT2D eigenvalue weighted by atomic mass is 9.98. The van der Waals surface area contributed by atoms with Crippen LogP contribution in [0.25, 0.3) is 0 Å². The van der Waals surface area contributed by atoms with Gasteiger partial charge in [0.15, 0.2) is 12.2 Å². The van der Waals surface area contributed by atoms with Gasteiger partial charge >= 0.3 is 11.9 Å². The molecule has 1 aliphatic heterocycles. The van der Waals surface area contributed by atoms with Gasteiger partial charge in [-0.2, -0.15) is 0 Å². The molecule has 0 amide bonds. The van der Waals surface area contributed by atoms with Crippen molar-refractivity contribution >= 4 is 27.9 Å². The highest BCUT2D eigenvalue weighted by Crippen LogP contribution is 2.31. The van der Waals surface area contributed by atoms with Gasteiger partial charge in [-0.15, -0.1) is 0 Å². The SMILES string of the molecule is COC(=O)[C@@H]1O[C@@H]([C@@H](C)Br)[C@H]1OC(=O)c1ccccc1. The van der Waals surface area contributed by atoms with Gasteiger partial charge in [-0.3, -0.25) is 0 Å². The Morgan fingerprint density at radius 2 is 1.95 bits per heavy atom. The summed E-state index contributed by atoms with van der Waals surface area (Å²) in [6, 6.07) is 8.61. The number of carbonyl (C=O) groups excluding carboxylic acids is 2. The summed E-state index contributed by atoms with van der Waals surface area (Å²) in [5, 5.41) is 0. The van der Waals surface area contributed by atoms with E-state index in [0.29, 0.717) is 5.56 Å². The largest absolute Gasteiger partial charge is 0.467 e. The van der Waals surface area contributed by atoms with Crippen LogP contribution < -0.4 is 0 Å². The van der Waals surface area contributed by atoms with E-state index in [9.17, 15) is 9.59 Å². The maximum Gasteiger partial charge on any atom is 0.339 e. The Bertz CT molecular complexity index is 488. The van der Waals surface area contributed by atoms with Gasteiger partial charge in [-0.05, 0) is 19.1 Å². The van der Waals surface area contributed by atoms with Crippen LogP contribution in [-0.2, 0) is 19.0 Å². The molecule has 1 aromatic rings. The Hall–Kier alpha value is -1.40. The third-order valence-electron chi connectivity index (χ3n) is 3.06. The predicted octanol–water partition coefficient (Wildman–Crippen LogP) is 1.94. The summed E-state index contributed by atoms with van der Waals surface area (Å²) in [4.78, 5) is 23.5. The molecule has 1 aliphatic rings. The first-order valence-electron chi connectivity index (χ1n) is 6.18. The molecule has 0 N–H and O–H groups in total. The monoisotopic (exact) mass is 342 g/mol. The van der Waals surface area contributed by atoms with Crippen molar-refractivity contribution in [3.05, 3.63) is 35.9 Å². The molecule has 5 nitrogen and oxygen atoms in total. The lowest BCUT2D eigenvalue weighted by molar-refractivity contribution is -0.229. The zero-order chi connectivity index (χ0) is 14.7. The third kappa shape index (κ3) is 3.02. The van der Waals surface area contributed by atoms with E-state index in [4.69, 9.17) is 9.47 Å². The van der Waals surface area contributed by atoms with E-state index in [1.54, 1.807) is 24.3 Å². The van der Waals surface area contributed by atoms with Crippen molar-refractivity contribution in [1.82, 2.24) is 0 Å². The van der Waals surface area contributed by atoms with Crippen molar-refractivity contribution in [2.75, 3.05) is 7.11 Å². The van der Waals surface area contributed by atoms with Crippen LogP contribution >= 0.6 is 15.9 Å². The number of ether oxygens (including phenoxy) is 3. The highest BCUT2D eigenvalue weighted by molar-refractivity contribution is 9.09. The number of rotatable bonds is 4. The van der Waals surface area contributed by atoms with Crippen LogP contribution in [0.1, 0.15) is 17.3 Å². The maximum atomic E-state index is 12.0. The molecule has 0 aliphatic carbocycles. The molecule has 0 bridgehead atoms. The van der Waals surface area contributed by atoms with Crippen molar-refractivity contribution < 1.29 is 23.8 Å². The molecule has 0 aromatic heterocycles. The van der Waals surface area contributed by atoms with E-state index in [1.165, 1.54) is 7.11 Å². The fourth-order valence-corrected chi connectivity index (χ4v) is 2.40. The quantitative estimate of drug-likeness (QED) is 0.618. The van der Waals surface area contributed by atoms with Crippen LogP contribution in [0.3, 0.4) is 0 Å². The summed E-state index contributed by atoms with van der Waals surface area (Å²) in [5.74, 6) is -1.02. The molecule has 20 heavy (non-hydrogen) atoms. The molecular weight excluding hydrogens is 328 g/mol. The number of halogens is 1. The van der Waals surface area contributed by atoms with Crippen LogP contribution in [0.4, 0.5) is 0 Å². The van der Waals surface area contributed by atoms with Gasteiger partial charge in [0.1, 0.15) is 6.10 Å². The van der Waals surface area contributed by atoms with Gasteiger partial charge in [0.2, 0.25) is 0 Å². The summed E-state index contributed by atoms with van der Waals surface area (Å²) < 4.78 is 15.4. The molecule has 2 rings (SSSR count). The maximum absolute atomic E-state index is 12.0. The first-order chi connectivity index (χ1) is 9.54. The van der Waals surface area contributed by atoms with Gasteiger partial charge in [-0.1, -0.05) is 34.1 Å². The van der Waals surface area contributed by atoms with E-state index in [2.05, 4.69) is 20.7 Å². The topological polar surface area (TPSA) is 61.8 Å². The Kier molecular flexibility index (Phi) is 4.77. The fourth-order valence-electron chi connectivity index (χ4n) is 1.98. The molecule has 0 radical (unpaired) electrons. The van der Waals surface area contributed by atoms with Crippen molar-refractivity contribution in [2.24, 2.45) is 0 Å². The Morgan fingerprint density at radius 3 is 2.50 bits per heavy atom. The average molecular weight is 343 g/mol. The normalized spacial score (nSPS) is 26.2. The molecule has 4 atom stereocenters. The van der Waals surface area contributed by atoms with Gasteiger partial charge in [0, 0.05) is 4.83 Å². The third-order valence-corrected chi connectivity index (χ3v) is 3.59. The molecule has 0 unspecified atom stereocenters. The van der Waals surface area contributed by atoms with Crippen LogP contribution in [0.5, 0.6) is 0 Å². The summed E-state index contributed by atoms with van der Waals surface area (Å²) in [5.41, 5.74) is 0.434. The smallest absolute Gasteiger partial charge is 0.339 e. The summed E-state index contributed by atoms with van der Waals surface area (Å²) in [7, 11) is 1.27. The van der Waals surface area contributed by atoms with Crippen molar-refractivity contribution in [3.63, 3.8) is 0 Å². The van der Waals surface area contributed by atoms with E-state index < -0.39 is 24.1 Å². The number of carbonyl (C=O) groups is 2. The first-order valence-corrected chi connectivity index (χ1v) is 7.09. The minimum absolute atomic E-state index is 0.0445. The summed E-state index contributed by atoms with van der Waals surface area (Å²) in [6.07, 6.45) is -1.88. The van der Waals surface area contributed by atoms with Gasteiger partial charge in [0.25, 0.3) is 0 Å². The molecule has 6 heteroatoms. The van der Waals surface area contributed by atoms with Crippen molar-refractivity contribution in [1.29, 1.82) is 0 Å². The second-order valence-electron chi connectivity index (χ2n) is 4.46. The van der Waals surface area contributed by atoms with Crippen LogP contribution in [-0.4, -0.2) is 42.2 Å². The van der Waals surface area contributed by atoms with Gasteiger partial charge < -0.3 is 14.2 Å². The summed E-state index contributed by atoms with van der Waals surface area (Å²) in [6.45, 7) is 1.86. The minimum Gasteiger partial charge on any atom is -0.467 e. The molecule has 0 saturated carbocycles. The first kappa shape index (κ1) is 15.0. The highest BCUT2D eigenvalue weighted by atomic mass is 79.9. The number of esters is 2. The van der Waals surface area contributed by atoms with Crippen LogP contribution in [0.2, 0.25) is 0 Å². The van der Waals surface area contributed by atoms with Gasteiger partial charge in [0.05, 0.1) is 12.7 Å². The zero-order valence-electron chi connectivity index (χ0n) is 11.1. The average Bonchev–Trinajstić information content (AvgIpc) is 2.43. The van der Waals surface area contributed by atoms with Crippen molar-refractivity contribution in [3.8, 4) is 0 Å². The van der Waals surface area contributed by atoms with Gasteiger partial charge in [-0.25, -0.2) is 9.59 Å². The number of hydrogen-bond acceptors (Lipinski definition) is 5. The molecule has 1 heterocycles. The lowest BCUT2D eigenvalue weighted by Crippen LogP contribution is -2.62. The van der Waals surface area contributed by atoms with E-state index in [0.717, 1.165) is 0 Å². The molecular formula is C14H15BrO5. The Morgan fingerprint density at radius 1 is 1.30 bits per heavy atom. The number of hydrogen-bond donors (Lipinski definition) is 0. The molecule has 0 spiro atoms. The molecule has 108 valence electrons. The number of methoxy groups -OCH3 is 1. The minimum atomic E-state index is -0.863. The van der Waals surface area contributed by atoms with Crippen LogP contribution in [0.15, 0.2) is 30.3 Å². The van der Waals surface area contributed by atoms with Crippen molar-refractivity contribution in [2.45, 2.75) is 30.1 Å². The van der Waals surface area contributed by atoms with E-state index >= 15 is 0 Å². The molecule has 1 fully saturated rings. The zero-order valence-corrected chi connectivity index (χ0v) is 12.7. The van der Waals surface area contributed by atoms with E-state index in [-0.39, 0.29) is 10.9 Å². The summed E-state index contributed by atoms with van der Waals surface area (Å²) >= 11 is 3.37. The Balaban J connectivity index is 2.07. The standard InChI is InChI=1S/C14H15BrO5/c1-8(15)10-11(12(19-10)14(17)18-2)20-13(16)9-6-4-3-5-7-9/h3-8,10-12H,1-2H3/t8-,10+,11-,12-/m1/s1. The number of benzene rings is 1. The highest BCUT2D eigenvalue weighted by Gasteiger charge is 2.52.